The molecule has 112 valence electrons. The third kappa shape index (κ3) is 3.16. The fraction of sp³-hybridized carbons (Fsp3) is 0. The zero-order valence-corrected chi connectivity index (χ0v) is 12.2. The Hall–Kier alpha value is -3.27. The topological polar surface area (TPSA) is 54.5 Å². The van der Waals surface area contributed by atoms with Crippen LogP contribution in [-0.4, -0.2) is 17.6 Å². The first kappa shape index (κ1) is 14.7. The van der Waals surface area contributed by atoms with Gasteiger partial charge in [0, 0.05) is 17.7 Å². The van der Waals surface area contributed by atoms with Gasteiger partial charge in [-0.25, -0.2) is 4.90 Å². The third-order valence-corrected chi connectivity index (χ3v) is 3.42. The second-order valence-corrected chi connectivity index (χ2v) is 5.00. The largest absolute Gasteiger partial charge is 0.289 e. The SMILES string of the molecule is O=C(/C=C/c1cccc(N2C(=O)C=CC2=O)c1)c1ccccc1. The number of hydrogen-bond acceptors (Lipinski definition) is 3. The number of nitrogens with zero attached hydrogens (tertiary/aromatic N) is 1. The highest BCUT2D eigenvalue weighted by molar-refractivity contribution is 6.28. The van der Waals surface area contributed by atoms with Gasteiger partial charge in [0.05, 0.1) is 5.69 Å². The number of imide groups is 1. The van der Waals surface area contributed by atoms with Gasteiger partial charge in [0.2, 0.25) is 0 Å². The molecule has 0 bridgehead atoms. The van der Waals surface area contributed by atoms with Crippen LogP contribution >= 0.6 is 0 Å². The maximum Gasteiger partial charge on any atom is 0.258 e. The van der Waals surface area contributed by atoms with Crippen LogP contribution in [0.1, 0.15) is 15.9 Å². The summed E-state index contributed by atoms with van der Waals surface area (Å²) in [5.41, 5.74) is 1.83. The van der Waals surface area contributed by atoms with E-state index in [9.17, 15) is 14.4 Å². The van der Waals surface area contributed by atoms with E-state index in [0.717, 1.165) is 10.5 Å². The number of carbonyl (C=O) groups is 3. The van der Waals surface area contributed by atoms with Gasteiger partial charge in [-0.3, -0.25) is 14.4 Å². The van der Waals surface area contributed by atoms with Gasteiger partial charge in [0.25, 0.3) is 11.8 Å². The van der Waals surface area contributed by atoms with Crippen LogP contribution in [0, 0.1) is 0 Å². The van der Waals surface area contributed by atoms with E-state index in [2.05, 4.69) is 0 Å². The summed E-state index contributed by atoms with van der Waals surface area (Å²) in [6, 6.07) is 15.9. The number of amides is 2. The fourth-order valence-corrected chi connectivity index (χ4v) is 2.29. The lowest BCUT2D eigenvalue weighted by molar-refractivity contribution is -0.119. The molecule has 0 aromatic heterocycles. The number of hydrogen-bond donors (Lipinski definition) is 0. The molecule has 4 nitrogen and oxygen atoms in total. The summed E-state index contributed by atoms with van der Waals surface area (Å²) in [4.78, 5) is 36.5. The highest BCUT2D eigenvalue weighted by Gasteiger charge is 2.24. The smallest absolute Gasteiger partial charge is 0.258 e. The van der Waals surface area contributed by atoms with Crippen LogP contribution in [0.4, 0.5) is 5.69 Å². The van der Waals surface area contributed by atoms with Gasteiger partial charge < -0.3 is 0 Å². The lowest BCUT2D eigenvalue weighted by Crippen LogP contribution is -2.29. The van der Waals surface area contributed by atoms with Crippen LogP contribution in [0.5, 0.6) is 0 Å². The van der Waals surface area contributed by atoms with Crippen LogP contribution in [0.3, 0.4) is 0 Å². The highest BCUT2D eigenvalue weighted by atomic mass is 16.2. The van der Waals surface area contributed by atoms with E-state index in [1.165, 1.54) is 18.2 Å². The Morgan fingerprint density at radius 3 is 2.26 bits per heavy atom. The van der Waals surface area contributed by atoms with Crippen LogP contribution < -0.4 is 4.90 Å². The summed E-state index contributed by atoms with van der Waals surface area (Å²) < 4.78 is 0. The number of allylic oxidation sites excluding steroid dienone is 1. The van der Waals surface area contributed by atoms with E-state index in [1.54, 1.807) is 54.6 Å². The molecule has 1 aliphatic rings. The van der Waals surface area contributed by atoms with Crippen LogP contribution in [0.15, 0.2) is 72.8 Å². The van der Waals surface area contributed by atoms with Gasteiger partial charge >= 0.3 is 0 Å². The molecule has 0 atom stereocenters. The third-order valence-electron chi connectivity index (χ3n) is 3.42. The molecule has 2 amide bonds. The minimum absolute atomic E-state index is 0.106. The number of ketones is 1. The summed E-state index contributed by atoms with van der Waals surface area (Å²) in [6.45, 7) is 0. The summed E-state index contributed by atoms with van der Waals surface area (Å²) >= 11 is 0. The molecule has 0 unspecified atom stereocenters. The van der Waals surface area contributed by atoms with E-state index in [-0.39, 0.29) is 17.6 Å². The Kier molecular flexibility index (Phi) is 3.97. The predicted octanol–water partition coefficient (Wildman–Crippen LogP) is 3.01. The minimum Gasteiger partial charge on any atom is -0.289 e. The number of anilines is 1. The summed E-state index contributed by atoms with van der Waals surface area (Å²) in [5.74, 6) is -0.834. The first-order valence-electron chi connectivity index (χ1n) is 7.09. The van der Waals surface area contributed by atoms with Crippen molar-refractivity contribution < 1.29 is 14.4 Å². The van der Waals surface area contributed by atoms with Gasteiger partial charge in [-0.2, -0.15) is 0 Å². The van der Waals surface area contributed by atoms with Crippen molar-refractivity contribution >= 4 is 29.4 Å². The Labute approximate surface area is 133 Å². The molecule has 0 saturated carbocycles. The second kappa shape index (κ2) is 6.23. The van der Waals surface area contributed by atoms with Crippen molar-refractivity contribution in [2.75, 3.05) is 4.90 Å². The molecular weight excluding hydrogens is 290 g/mol. The van der Waals surface area contributed by atoms with Crippen molar-refractivity contribution in [3.05, 3.63) is 84.0 Å². The quantitative estimate of drug-likeness (QED) is 0.495. The number of carbonyl (C=O) groups excluding carboxylic acids is 3. The van der Waals surface area contributed by atoms with Gasteiger partial charge in [0.1, 0.15) is 0 Å². The molecule has 4 heteroatoms. The van der Waals surface area contributed by atoms with Crippen molar-refractivity contribution in [2.45, 2.75) is 0 Å². The standard InChI is InChI=1S/C19H13NO3/c21-17(15-6-2-1-3-7-15)10-9-14-5-4-8-16(13-14)20-18(22)11-12-19(20)23/h1-13H/b10-9+. The molecule has 0 aliphatic carbocycles. The molecule has 0 spiro atoms. The normalized spacial score (nSPS) is 14.0. The molecule has 23 heavy (non-hydrogen) atoms. The van der Waals surface area contributed by atoms with Crippen LogP contribution in [0.2, 0.25) is 0 Å². The fourth-order valence-electron chi connectivity index (χ4n) is 2.29. The molecular formula is C19H13NO3. The Balaban J connectivity index is 1.81. The number of benzene rings is 2. The first-order chi connectivity index (χ1) is 11.1. The molecule has 0 N–H and O–H groups in total. The van der Waals surface area contributed by atoms with Gasteiger partial charge in [-0.05, 0) is 23.8 Å². The molecule has 3 rings (SSSR count). The van der Waals surface area contributed by atoms with E-state index in [0.29, 0.717) is 11.3 Å². The van der Waals surface area contributed by atoms with Gasteiger partial charge in [-0.15, -0.1) is 0 Å². The Morgan fingerprint density at radius 1 is 0.870 bits per heavy atom. The van der Waals surface area contributed by atoms with Crippen molar-refractivity contribution in [3.63, 3.8) is 0 Å². The predicted molar refractivity (Wildman–Crippen MR) is 87.9 cm³/mol. The zero-order chi connectivity index (χ0) is 16.2. The molecule has 1 heterocycles. The van der Waals surface area contributed by atoms with E-state index in [4.69, 9.17) is 0 Å². The first-order valence-corrected chi connectivity index (χ1v) is 7.09. The molecule has 0 fully saturated rings. The zero-order valence-electron chi connectivity index (χ0n) is 12.2. The molecule has 1 aliphatic heterocycles. The maximum absolute atomic E-state index is 12.0. The highest BCUT2D eigenvalue weighted by Crippen LogP contribution is 2.21. The Morgan fingerprint density at radius 2 is 1.57 bits per heavy atom. The van der Waals surface area contributed by atoms with Crippen LogP contribution in [0.25, 0.3) is 6.08 Å². The number of rotatable bonds is 4. The Bertz CT molecular complexity index is 817. The van der Waals surface area contributed by atoms with Gasteiger partial charge in [0.15, 0.2) is 5.78 Å². The molecule has 2 aromatic rings. The van der Waals surface area contributed by atoms with E-state index < -0.39 is 0 Å². The average molecular weight is 303 g/mol. The average Bonchev–Trinajstić information content (AvgIpc) is 2.92. The van der Waals surface area contributed by atoms with Crippen molar-refractivity contribution in [1.82, 2.24) is 0 Å². The van der Waals surface area contributed by atoms with Crippen molar-refractivity contribution in [1.29, 1.82) is 0 Å². The van der Waals surface area contributed by atoms with E-state index >= 15 is 0 Å². The molecule has 0 saturated heterocycles. The molecule has 2 aromatic carbocycles. The minimum atomic E-state index is -0.364. The van der Waals surface area contributed by atoms with Crippen LogP contribution in [-0.2, 0) is 9.59 Å². The molecule has 0 radical (unpaired) electrons. The van der Waals surface area contributed by atoms with Crippen molar-refractivity contribution in [3.8, 4) is 0 Å². The summed E-state index contributed by atoms with van der Waals surface area (Å²) in [5, 5.41) is 0. The maximum atomic E-state index is 12.0. The summed E-state index contributed by atoms with van der Waals surface area (Å²) in [7, 11) is 0. The monoisotopic (exact) mass is 303 g/mol. The lowest BCUT2D eigenvalue weighted by Gasteiger charge is -2.14. The lowest BCUT2D eigenvalue weighted by atomic mass is 10.1. The summed E-state index contributed by atoms with van der Waals surface area (Å²) in [6.07, 6.45) is 5.62. The van der Waals surface area contributed by atoms with Gasteiger partial charge in [-0.1, -0.05) is 48.5 Å². The van der Waals surface area contributed by atoms with Crippen molar-refractivity contribution in [2.24, 2.45) is 0 Å². The van der Waals surface area contributed by atoms with E-state index in [1.807, 2.05) is 6.07 Å². The second-order valence-electron chi connectivity index (χ2n) is 5.00.